The Hall–Kier alpha value is -1.19. The summed E-state index contributed by atoms with van der Waals surface area (Å²) in [6, 6.07) is 8.60. The lowest BCUT2D eigenvalue weighted by Gasteiger charge is -2.24. The van der Waals surface area contributed by atoms with E-state index in [1.54, 1.807) is 11.3 Å². The molecule has 0 radical (unpaired) electrons. The first kappa shape index (κ1) is 12.8. The van der Waals surface area contributed by atoms with Crippen molar-refractivity contribution in [3.05, 3.63) is 39.7 Å². The van der Waals surface area contributed by atoms with Crippen molar-refractivity contribution in [1.82, 2.24) is 4.98 Å². The second-order valence-corrected chi connectivity index (χ2v) is 7.44. The molecular formula is C16H20N2S. The smallest absolute Gasteiger partial charge is 0.111 e. The molecule has 1 heterocycles. The van der Waals surface area contributed by atoms with Gasteiger partial charge in [-0.05, 0) is 23.8 Å². The molecule has 2 aromatic rings. The van der Waals surface area contributed by atoms with Gasteiger partial charge in [0, 0.05) is 10.4 Å². The van der Waals surface area contributed by atoms with Gasteiger partial charge in [0.15, 0.2) is 0 Å². The van der Waals surface area contributed by atoms with Crippen LogP contribution in [0.4, 0.5) is 0 Å². The van der Waals surface area contributed by atoms with Crippen LogP contribution in [0, 0.1) is 5.41 Å². The zero-order valence-electron chi connectivity index (χ0n) is 11.7. The Kier molecular flexibility index (Phi) is 2.99. The number of fused-ring (bicyclic) bond motifs is 3. The van der Waals surface area contributed by atoms with Crippen LogP contribution in [0.25, 0.3) is 11.3 Å². The predicted octanol–water partition coefficient (Wildman–Crippen LogP) is 3.95. The maximum Gasteiger partial charge on any atom is 0.111 e. The molecule has 1 aromatic heterocycles. The summed E-state index contributed by atoms with van der Waals surface area (Å²) in [5, 5.41) is 1.08. The van der Waals surface area contributed by atoms with Gasteiger partial charge in [0.25, 0.3) is 0 Å². The van der Waals surface area contributed by atoms with Crippen LogP contribution in [-0.2, 0) is 12.8 Å². The number of hydrogen-bond donors (Lipinski definition) is 1. The van der Waals surface area contributed by atoms with Gasteiger partial charge in [0.05, 0.1) is 11.7 Å². The fraction of sp³-hybridized carbons (Fsp3) is 0.438. The SMILES string of the molecule is CC(C)(C)C(N)c1nc2c(s1)CCc1ccccc1-2. The fourth-order valence-electron chi connectivity index (χ4n) is 2.47. The lowest BCUT2D eigenvalue weighted by atomic mass is 9.88. The molecule has 3 heteroatoms. The van der Waals surface area contributed by atoms with E-state index in [-0.39, 0.29) is 11.5 Å². The summed E-state index contributed by atoms with van der Waals surface area (Å²) in [6.07, 6.45) is 2.22. The van der Waals surface area contributed by atoms with Crippen molar-refractivity contribution in [1.29, 1.82) is 0 Å². The van der Waals surface area contributed by atoms with E-state index in [1.165, 1.54) is 21.7 Å². The summed E-state index contributed by atoms with van der Waals surface area (Å²) < 4.78 is 0. The van der Waals surface area contributed by atoms with Crippen LogP contribution in [0.15, 0.2) is 24.3 Å². The molecule has 0 amide bonds. The highest BCUT2D eigenvalue weighted by Crippen LogP contribution is 2.40. The summed E-state index contributed by atoms with van der Waals surface area (Å²) in [4.78, 5) is 6.25. The third-order valence-electron chi connectivity index (χ3n) is 3.81. The number of hydrogen-bond acceptors (Lipinski definition) is 3. The van der Waals surface area contributed by atoms with Crippen LogP contribution in [0.5, 0.6) is 0 Å². The molecule has 1 aliphatic rings. The second kappa shape index (κ2) is 4.43. The quantitative estimate of drug-likeness (QED) is 0.853. The second-order valence-electron chi connectivity index (χ2n) is 6.32. The molecule has 1 aromatic carbocycles. The van der Waals surface area contributed by atoms with Crippen LogP contribution in [-0.4, -0.2) is 4.98 Å². The van der Waals surface area contributed by atoms with Gasteiger partial charge >= 0.3 is 0 Å². The molecule has 0 saturated carbocycles. The Bertz CT molecular complexity index is 607. The number of aryl methyl sites for hydroxylation is 2. The van der Waals surface area contributed by atoms with E-state index in [4.69, 9.17) is 10.7 Å². The zero-order valence-corrected chi connectivity index (χ0v) is 12.6. The van der Waals surface area contributed by atoms with Crippen LogP contribution in [0.3, 0.4) is 0 Å². The highest BCUT2D eigenvalue weighted by molar-refractivity contribution is 7.12. The molecule has 0 aliphatic heterocycles. The summed E-state index contributed by atoms with van der Waals surface area (Å²) in [6.45, 7) is 6.52. The molecular weight excluding hydrogens is 252 g/mol. The topological polar surface area (TPSA) is 38.9 Å². The minimum Gasteiger partial charge on any atom is -0.322 e. The monoisotopic (exact) mass is 272 g/mol. The fourth-order valence-corrected chi connectivity index (χ4v) is 3.80. The Balaban J connectivity index is 2.06. The normalized spacial score (nSPS) is 15.8. The molecule has 0 spiro atoms. The number of nitrogens with two attached hydrogens (primary N) is 1. The van der Waals surface area contributed by atoms with Gasteiger partial charge in [0.2, 0.25) is 0 Å². The van der Waals surface area contributed by atoms with Crippen molar-refractivity contribution in [2.24, 2.45) is 11.1 Å². The first-order valence-corrected chi connectivity index (χ1v) is 7.62. The summed E-state index contributed by atoms with van der Waals surface area (Å²) in [5.74, 6) is 0. The molecule has 0 saturated heterocycles. The lowest BCUT2D eigenvalue weighted by Crippen LogP contribution is -2.26. The first-order chi connectivity index (χ1) is 8.97. The summed E-state index contributed by atoms with van der Waals surface area (Å²) >= 11 is 1.80. The molecule has 100 valence electrons. The van der Waals surface area contributed by atoms with Gasteiger partial charge in [-0.15, -0.1) is 11.3 Å². The predicted molar refractivity (Wildman–Crippen MR) is 81.3 cm³/mol. The Morgan fingerprint density at radius 3 is 2.68 bits per heavy atom. The number of benzene rings is 1. The van der Waals surface area contributed by atoms with Crippen molar-refractivity contribution >= 4 is 11.3 Å². The number of thiazole rings is 1. The van der Waals surface area contributed by atoms with E-state index in [2.05, 4.69) is 45.0 Å². The minimum atomic E-state index is 0.00950. The van der Waals surface area contributed by atoms with Gasteiger partial charge < -0.3 is 5.73 Å². The van der Waals surface area contributed by atoms with E-state index in [9.17, 15) is 0 Å². The van der Waals surface area contributed by atoms with E-state index < -0.39 is 0 Å². The lowest BCUT2D eigenvalue weighted by molar-refractivity contribution is 0.326. The summed E-state index contributed by atoms with van der Waals surface area (Å²) in [5.41, 5.74) is 10.3. The minimum absolute atomic E-state index is 0.00950. The van der Waals surface area contributed by atoms with Crippen molar-refractivity contribution in [3.8, 4) is 11.3 Å². The number of aromatic nitrogens is 1. The highest BCUT2D eigenvalue weighted by atomic mass is 32.1. The molecule has 19 heavy (non-hydrogen) atoms. The zero-order chi connectivity index (χ0) is 13.6. The average molecular weight is 272 g/mol. The standard InChI is InChI=1S/C16H20N2S/c1-16(2,3)14(17)15-18-13-11-7-5-4-6-10(11)8-9-12(13)19-15/h4-7,14H,8-9,17H2,1-3H3. The molecule has 0 bridgehead atoms. The Morgan fingerprint density at radius 2 is 1.95 bits per heavy atom. The maximum atomic E-state index is 6.35. The largest absolute Gasteiger partial charge is 0.322 e. The van der Waals surface area contributed by atoms with E-state index >= 15 is 0 Å². The van der Waals surface area contributed by atoms with E-state index in [1.807, 2.05) is 0 Å². The Morgan fingerprint density at radius 1 is 1.21 bits per heavy atom. The molecule has 1 atom stereocenters. The van der Waals surface area contributed by atoms with Gasteiger partial charge in [-0.2, -0.15) is 0 Å². The maximum absolute atomic E-state index is 6.35. The number of rotatable bonds is 1. The molecule has 0 fully saturated rings. The molecule has 3 rings (SSSR count). The van der Waals surface area contributed by atoms with Crippen molar-refractivity contribution in [2.75, 3.05) is 0 Å². The Labute approximate surface area is 118 Å². The van der Waals surface area contributed by atoms with E-state index in [0.29, 0.717) is 0 Å². The first-order valence-electron chi connectivity index (χ1n) is 6.80. The van der Waals surface area contributed by atoms with Crippen molar-refractivity contribution in [2.45, 2.75) is 39.7 Å². The van der Waals surface area contributed by atoms with Gasteiger partial charge in [-0.1, -0.05) is 45.0 Å². The van der Waals surface area contributed by atoms with Crippen molar-refractivity contribution < 1.29 is 0 Å². The van der Waals surface area contributed by atoms with E-state index in [0.717, 1.165) is 17.8 Å². The highest BCUT2D eigenvalue weighted by Gasteiger charge is 2.28. The van der Waals surface area contributed by atoms with Gasteiger partial charge in [-0.3, -0.25) is 0 Å². The summed E-state index contributed by atoms with van der Waals surface area (Å²) in [7, 11) is 0. The van der Waals surface area contributed by atoms with Gasteiger partial charge in [-0.25, -0.2) is 4.98 Å². The molecule has 2 N–H and O–H groups in total. The molecule has 2 nitrogen and oxygen atoms in total. The van der Waals surface area contributed by atoms with Crippen molar-refractivity contribution in [3.63, 3.8) is 0 Å². The molecule has 1 unspecified atom stereocenters. The van der Waals surface area contributed by atoms with Crippen LogP contribution >= 0.6 is 11.3 Å². The van der Waals surface area contributed by atoms with Crippen LogP contribution in [0.2, 0.25) is 0 Å². The third-order valence-corrected chi connectivity index (χ3v) is 5.01. The average Bonchev–Trinajstić information content (AvgIpc) is 2.80. The molecule has 1 aliphatic carbocycles. The third kappa shape index (κ3) is 2.21. The van der Waals surface area contributed by atoms with Gasteiger partial charge in [0.1, 0.15) is 5.01 Å². The van der Waals surface area contributed by atoms with Crippen LogP contribution in [0.1, 0.15) is 42.3 Å². The number of nitrogens with zero attached hydrogens (tertiary/aromatic N) is 1. The van der Waals surface area contributed by atoms with Crippen LogP contribution < -0.4 is 5.73 Å².